The lowest BCUT2D eigenvalue weighted by atomic mass is 9.91. The van der Waals surface area contributed by atoms with Crippen LogP contribution in [0.15, 0.2) is 24.4 Å². The maximum atomic E-state index is 14.0. The van der Waals surface area contributed by atoms with Crippen molar-refractivity contribution < 1.29 is 23.5 Å². The molecule has 1 unspecified atom stereocenters. The minimum absolute atomic E-state index is 0.0920. The number of hydrogen-bond donors (Lipinski definition) is 2. The second-order valence-corrected chi connectivity index (χ2v) is 7.44. The van der Waals surface area contributed by atoms with Crippen LogP contribution in [0, 0.1) is 20.8 Å². The number of esters is 2. The maximum absolute atomic E-state index is 14.0. The Kier molecular flexibility index (Phi) is 7.12. The van der Waals surface area contributed by atoms with E-state index in [-0.39, 0.29) is 24.5 Å². The summed E-state index contributed by atoms with van der Waals surface area (Å²) in [6.45, 7) is 8.57. The zero-order valence-electron chi connectivity index (χ0n) is 19.0. The third-order valence-electron chi connectivity index (χ3n) is 5.67. The largest absolute Gasteiger partial charge is 0.461 e. The fourth-order valence-electron chi connectivity index (χ4n) is 3.88. The molecule has 7 nitrogen and oxygen atoms in total. The van der Waals surface area contributed by atoms with Crippen molar-refractivity contribution in [3.05, 3.63) is 75.1 Å². The number of hydrogen-bond acceptors (Lipinski definition) is 5. The summed E-state index contributed by atoms with van der Waals surface area (Å²) in [5.41, 5.74) is 4.94. The molecule has 0 aliphatic heterocycles. The molecule has 0 aromatic carbocycles. The van der Waals surface area contributed by atoms with E-state index in [1.807, 2.05) is 26.0 Å². The zero-order valence-corrected chi connectivity index (χ0v) is 19.0. The summed E-state index contributed by atoms with van der Waals surface area (Å²) in [5.74, 6) is -1.55. The molecule has 0 amide bonds. The molecule has 2 N–H and O–H groups in total. The molecule has 1 atom stereocenters. The normalized spacial score (nSPS) is 11.9. The molecule has 32 heavy (non-hydrogen) atoms. The van der Waals surface area contributed by atoms with Crippen molar-refractivity contribution in [2.45, 2.75) is 47.2 Å². The van der Waals surface area contributed by atoms with E-state index >= 15 is 0 Å². The van der Waals surface area contributed by atoms with Gasteiger partial charge in [-0.3, -0.25) is 4.98 Å². The highest BCUT2D eigenvalue weighted by Crippen LogP contribution is 2.37. The maximum Gasteiger partial charge on any atom is 0.355 e. The monoisotopic (exact) mass is 441 g/mol. The number of ether oxygens (including phenoxy) is 2. The number of aromatic amines is 2. The summed E-state index contributed by atoms with van der Waals surface area (Å²) in [5, 5.41) is 0. The van der Waals surface area contributed by atoms with Gasteiger partial charge in [0.15, 0.2) is 0 Å². The second-order valence-electron chi connectivity index (χ2n) is 7.44. The van der Waals surface area contributed by atoms with E-state index in [9.17, 15) is 14.0 Å². The molecule has 0 radical (unpaired) electrons. The molecular weight excluding hydrogens is 413 g/mol. The van der Waals surface area contributed by atoms with Crippen LogP contribution in [0.4, 0.5) is 4.39 Å². The van der Waals surface area contributed by atoms with Gasteiger partial charge in [-0.2, -0.15) is 0 Å². The lowest BCUT2D eigenvalue weighted by molar-refractivity contribution is 0.0509. The molecule has 0 saturated heterocycles. The van der Waals surface area contributed by atoms with Gasteiger partial charge >= 0.3 is 11.9 Å². The average Bonchev–Trinajstić information content (AvgIpc) is 3.27. The van der Waals surface area contributed by atoms with Crippen LogP contribution in [0.2, 0.25) is 0 Å². The third-order valence-corrected chi connectivity index (χ3v) is 5.67. The Labute approximate surface area is 186 Å². The molecule has 0 aliphatic carbocycles. The highest BCUT2D eigenvalue weighted by atomic mass is 19.1. The van der Waals surface area contributed by atoms with E-state index in [0.717, 1.165) is 16.8 Å². The standard InChI is InChI=1S/C24H28FN3O4/c1-6-31-23(29)21-14(4)13(3)19(27-21)18(17-10-8-9-11-26-17)20-15(5)16(12-25)22(28-20)24(30)32-7-2/h8-11,18,27-28H,6-7,12H2,1-5H3. The van der Waals surface area contributed by atoms with E-state index < -0.39 is 24.5 Å². The van der Waals surface area contributed by atoms with Crippen LogP contribution in [0.3, 0.4) is 0 Å². The predicted molar refractivity (Wildman–Crippen MR) is 118 cm³/mol. The molecule has 0 bridgehead atoms. The highest BCUT2D eigenvalue weighted by Gasteiger charge is 2.31. The van der Waals surface area contributed by atoms with E-state index in [1.165, 1.54) is 0 Å². The van der Waals surface area contributed by atoms with Crippen molar-refractivity contribution in [3.8, 4) is 0 Å². The summed E-state index contributed by atoms with van der Waals surface area (Å²) in [6, 6.07) is 5.51. The van der Waals surface area contributed by atoms with Crippen LogP contribution < -0.4 is 0 Å². The number of nitrogens with zero attached hydrogens (tertiary/aromatic N) is 1. The van der Waals surface area contributed by atoms with Gasteiger partial charge in [-0.05, 0) is 63.4 Å². The number of rotatable bonds is 8. The van der Waals surface area contributed by atoms with Crippen molar-refractivity contribution in [1.82, 2.24) is 15.0 Å². The molecule has 0 spiro atoms. The first-order chi connectivity index (χ1) is 15.3. The Bertz CT molecular complexity index is 1120. The van der Waals surface area contributed by atoms with E-state index in [4.69, 9.17) is 9.47 Å². The number of nitrogens with one attached hydrogen (secondary N) is 2. The van der Waals surface area contributed by atoms with Gasteiger partial charge in [-0.15, -0.1) is 0 Å². The Morgan fingerprint density at radius 1 is 0.938 bits per heavy atom. The molecule has 0 saturated carbocycles. The Morgan fingerprint density at radius 2 is 1.53 bits per heavy atom. The molecule has 0 fully saturated rings. The lowest BCUT2D eigenvalue weighted by Crippen LogP contribution is -2.11. The molecule has 3 heterocycles. The predicted octanol–water partition coefficient (Wildman–Crippen LogP) is 4.67. The van der Waals surface area contributed by atoms with Crippen molar-refractivity contribution in [2.24, 2.45) is 0 Å². The summed E-state index contributed by atoms with van der Waals surface area (Å²) >= 11 is 0. The van der Waals surface area contributed by atoms with Crippen molar-refractivity contribution in [2.75, 3.05) is 13.2 Å². The van der Waals surface area contributed by atoms with Gasteiger partial charge in [0.25, 0.3) is 0 Å². The fraction of sp³-hybridized carbons (Fsp3) is 0.375. The molecule has 3 aromatic heterocycles. The number of pyridine rings is 1. The summed E-state index contributed by atoms with van der Waals surface area (Å²) in [4.78, 5) is 35.8. The van der Waals surface area contributed by atoms with E-state index in [1.54, 1.807) is 33.0 Å². The second kappa shape index (κ2) is 9.80. The molecule has 8 heteroatoms. The van der Waals surface area contributed by atoms with Crippen LogP contribution in [0.5, 0.6) is 0 Å². The van der Waals surface area contributed by atoms with E-state index in [0.29, 0.717) is 22.6 Å². The van der Waals surface area contributed by atoms with Crippen LogP contribution in [0.25, 0.3) is 0 Å². The van der Waals surface area contributed by atoms with Crippen LogP contribution >= 0.6 is 0 Å². The first kappa shape index (κ1) is 23.2. The molecule has 3 rings (SSSR count). The number of H-pyrrole nitrogens is 2. The smallest absolute Gasteiger partial charge is 0.355 e. The van der Waals surface area contributed by atoms with Crippen LogP contribution in [-0.2, 0) is 16.1 Å². The molecular formula is C24H28FN3O4. The molecule has 0 aliphatic rings. The summed E-state index contributed by atoms with van der Waals surface area (Å²) in [7, 11) is 0. The number of alkyl halides is 1. The van der Waals surface area contributed by atoms with Gasteiger partial charge < -0.3 is 19.4 Å². The van der Waals surface area contributed by atoms with Crippen molar-refractivity contribution in [3.63, 3.8) is 0 Å². The Hall–Kier alpha value is -3.42. The number of carbonyl (C=O) groups is 2. The third kappa shape index (κ3) is 4.17. The quantitative estimate of drug-likeness (QED) is 0.495. The number of halogens is 1. The van der Waals surface area contributed by atoms with Gasteiger partial charge in [-0.1, -0.05) is 6.07 Å². The van der Waals surface area contributed by atoms with Gasteiger partial charge in [0, 0.05) is 23.1 Å². The minimum Gasteiger partial charge on any atom is -0.461 e. The van der Waals surface area contributed by atoms with Crippen LogP contribution in [-0.4, -0.2) is 40.1 Å². The SMILES string of the molecule is CCOC(=O)c1[nH]c(C(c2ccccn2)c2[nH]c(C(=O)OCC)c(CF)c2C)c(C)c1C. The zero-order chi connectivity index (χ0) is 23.4. The topological polar surface area (TPSA) is 97.1 Å². The van der Waals surface area contributed by atoms with Crippen molar-refractivity contribution in [1.29, 1.82) is 0 Å². The van der Waals surface area contributed by atoms with Gasteiger partial charge in [0.2, 0.25) is 0 Å². The Balaban J connectivity index is 2.24. The number of aromatic nitrogens is 3. The average molecular weight is 442 g/mol. The summed E-state index contributed by atoms with van der Waals surface area (Å²) < 4.78 is 24.3. The fourth-order valence-corrected chi connectivity index (χ4v) is 3.88. The van der Waals surface area contributed by atoms with E-state index in [2.05, 4.69) is 15.0 Å². The minimum atomic E-state index is -0.817. The van der Waals surface area contributed by atoms with Gasteiger partial charge in [-0.25, -0.2) is 14.0 Å². The lowest BCUT2D eigenvalue weighted by Gasteiger charge is -2.17. The first-order valence-electron chi connectivity index (χ1n) is 10.6. The Morgan fingerprint density at radius 3 is 2.09 bits per heavy atom. The summed E-state index contributed by atoms with van der Waals surface area (Å²) in [6.07, 6.45) is 1.67. The van der Waals surface area contributed by atoms with Crippen LogP contribution in [0.1, 0.15) is 80.1 Å². The van der Waals surface area contributed by atoms with Crippen molar-refractivity contribution >= 4 is 11.9 Å². The van der Waals surface area contributed by atoms with Gasteiger partial charge in [0.05, 0.1) is 24.8 Å². The first-order valence-corrected chi connectivity index (χ1v) is 10.6. The highest BCUT2D eigenvalue weighted by molar-refractivity contribution is 5.91. The molecule has 170 valence electrons. The molecule has 3 aromatic rings. The number of carbonyl (C=O) groups excluding carboxylic acids is 2. The van der Waals surface area contributed by atoms with Gasteiger partial charge in [0.1, 0.15) is 18.1 Å².